The third-order valence-electron chi connectivity index (χ3n) is 3.13. The van der Waals surface area contributed by atoms with Crippen molar-refractivity contribution in [3.05, 3.63) is 0 Å². The molecule has 0 bridgehead atoms. The number of carboxylic acids is 1. The minimum Gasteiger partial charge on any atom is -0.481 e. The summed E-state index contributed by atoms with van der Waals surface area (Å²) in [6, 6.07) is -0.532. The average Bonchev–Trinajstić information content (AvgIpc) is 2.27. The molecule has 1 atom stereocenters. The molecule has 104 valence electrons. The molecule has 0 radical (unpaired) electrons. The maximum absolute atomic E-state index is 12.0. The zero-order valence-corrected chi connectivity index (χ0v) is 11.3. The van der Waals surface area contributed by atoms with Crippen LogP contribution in [0, 0.1) is 5.41 Å². The van der Waals surface area contributed by atoms with Crippen LogP contribution in [0.2, 0.25) is 0 Å². The summed E-state index contributed by atoms with van der Waals surface area (Å²) >= 11 is 0. The first-order valence-corrected chi connectivity index (χ1v) is 6.28. The fraction of sp³-hybridized carbons (Fsp3) is 0.833. The van der Waals surface area contributed by atoms with Crippen LogP contribution in [-0.4, -0.2) is 54.2 Å². The third kappa shape index (κ3) is 4.52. The molecular weight excluding hydrogens is 234 g/mol. The van der Waals surface area contributed by atoms with Gasteiger partial charge < -0.3 is 20.6 Å². The highest BCUT2D eigenvalue weighted by Crippen LogP contribution is 2.22. The smallest absolute Gasteiger partial charge is 0.317 e. The Labute approximate surface area is 108 Å². The van der Waals surface area contributed by atoms with Crippen LogP contribution >= 0.6 is 0 Å². The Morgan fingerprint density at radius 2 is 1.89 bits per heavy atom. The van der Waals surface area contributed by atoms with Crippen LogP contribution in [0.25, 0.3) is 0 Å². The number of rotatable bonds is 3. The van der Waals surface area contributed by atoms with Crippen LogP contribution in [0.5, 0.6) is 0 Å². The van der Waals surface area contributed by atoms with Gasteiger partial charge in [0, 0.05) is 32.2 Å². The highest BCUT2D eigenvalue weighted by atomic mass is 16.4. The fourth-order valence-electron chi connectivity index (χ4n) is 1.86. The highest BCUT2D eigenvalue weighted by Gasteiger charge is 2.30. The van der Waals surface area contributed by atoms with Crippen molar-refractivity contribution in [1.29, 1.82) is 0 Å². The summed E-state index contributed by atoms with van der Waals surface area (Å²) in [5, 5.41) is 14.9. The Hall–Kier alpha value is -1.30. The molecule has 1 heterocycles. The minimum absolute atomic E-state index is 0.0542. The Balaban J connectivity index is 2.59. The number of nitrogens with zero attached hydrogens (tertiary/aromatic N) is 1. The molecule has 1 fully saturated rings. The van der Waals surface area contributed by atoms with Crippen molar-refractivity contribution in [3.8, 4) is 0 Å². The lowest BCUT2D eigenvalue weighted by molar-refractivity contribution is -0.138. The van der Waals surface area contributed by atoms with Gasteiger partial charge in [-0.25, -0.2) is 4.79 Å². The Morgan fingerprint density at radius 3 is 2.33 bits per heavy atom. The first kappa shape index (κ1) is 14.8. The van der Waals surface area contributed by atoms with Crippen molar-refractivity contribution in [3.63, 3.8) is 0 Å². The second-order valence-corrected chi connectivity index (χ2v) is 5.70. The summed E-state index contributed by atoms with van der Waals surface area (Å²) in [6.07, 6.45) is -0.0542. The standard InChI is InChI=1S/C12H23N3O3/c1-12(2,3)9(8-10(16)17)14-11(18)15-6-4-13-5-7-15/h9,13H,4-8H2,1-3H3,(H,14,18)(H,16,17). The van der Waals surface area contributed by atoms with Crippen molar-refractivity contribution >= 4 is 12.0 Å². The topological polar surface area (TPSA) is 81.7 Å². The second-order valence-electron chi connectivity index (χ2n) is 5.70. The number of carboxylic acid groups (broad SMARTS) is 1. The number of piperazine rings is 1. The van der Waals surface area contributed by atoms with E-state index in [0.717, 1.165) is 13.1 Å². The molecule has 0 saturated carbocycles. The SMILES string of the molecule is CC(C)(C)C(CC(=O)O)NC(=O)N1CCNCC1. The zero-order chi connectivity index (χ0) is 13.8. The first-order valence-electron chi connectivity index (χ1n) is 6.28. The minimum atomic E-state index is -0.893. The van der Waals surface area contributed by atoms with Crippen LogP contribution in [0.3, 0.4) is 0 Å². The largest absolute Gasteiger partial charge is 0.481 e. The molecular formula is C12H23N3O3. The quantitative estimate of drug-likeness (QED) is 0.687. The van der Waals surface area contributed by atoms with Gasteiger partial charge >= 0.3 is 12.0 Å². The molecule has 1 unspecified atom stereocenters. The van der Waals surface area contributed by atoms with Crippen molar-refractivity contribution < 1.29 is 14.7 Å². The van der Waals surface area contributed by atoms with Gasteiger partial charge in [-0.2, -0.15) is 0 Å². The van der Waals surface area contributed by atoms with Crippen molar-refractivity contribution in [2.24, 2.45) is 5.41 Å². The van der Waals surface area contributed by atoms with Gasteiger partial charge in [0.05, 0.1) is 6.42 Å². The van der Waals surface area contributed by atoms with Crippen LogP contribution < -0.4 is 10.6 Å². The summed E-state index contributed by atoms with van der Waals surface area (Å²) in [4.78, 5) is 24.6. The Kier molecular flexibility index (Phi) is 4.95. The van der Waals surface area contributed by atoms with Crippen LogP contribution in [0.1, 0.15) is 27.2 Å². The van der Waals surface area contributed by atoms with E-state index in [0.29, 0.717) is 13.1 Å². The molecule has 0 aromatic heterocycles. The van der Waals surface area contributed by atoms with Crippen molar-refractivity contribution in [2.75, 3.05) is 26.2 Å². The molecule has 1 aliphatic rings. The summed E-state index contributed by atoms with van der Waals surface area (Å²) < 4.78 is 0. The molecule has 1 aliphatic heterocycles. The van der Waals surface area contributed by atoms with Gasteiger partial charge in [0.15, 0.2) is 0 Å². The number of carbonyl (C=O) groups excluding carboxylic acids is 1. The van der Waals surface area contributed by atoms with E-state index in [1.54, 1.807) is 4.90 Å². The summed E-state index contributed by atoms with van der Waals surface area (Å²) in [6.45, 7) is 8.68. The molecule has 6 nitrogen and oxygen atoms in total. The lowest BCUT2D eigenvalue weighted by Crippen LogP contribution is -2.54. The molecule has 18 heavy (non-hydrogen) atoms. The number of nitrogens with one attached hydrogen (secondary N) is 2. The van der Waals surface area contributed by atoms with E-state index in [1.807, 2.05) is 20.8 Å². The summed E-state index contributed by atoms with van der Waals surface area (Å²) in [7, 11) is 0. The average molecular weight is 257 g/mol. The number of hydrogen-bond donors (Lipinski definition) is 3. The van der Waals surface area contributed by atoms with E-state index in [1.165, 1.54) is 0 Å². The van der Waals surface area contributed by atoms with Crippen LogP contribution in [0.4, 0.5) is 4.79 Å². The first-order chi connectivity index (χ1) is 8.30. The van der Waals surface area contributed by atoms with Gasteiger partial charge in [0.1, 0.15) is 0 Å². The van der Waals surface area contributed by atoms with Crippen LogP contribution in [0.15, 0.2) is 0 Å². The number of urea groups is 1. The van der Waals surface area contributed by atoms with E-state index in [-0.39, 0.29) is 23.9 Å². The van der Waals surface area contributed by atoms with Gasteiger partial charge in [0.25, 0.3) is 0 Å². The monoisotopic (exact) mass is 257 g/mol. The number of amides is 2. The maximum atomic E-state index is 12.0. The van der Waals surface area contributed by atoms with Crippen LogP contribution in [-0.2, 0) is 4.79 Å². The van der Waals surface area contributed by atoms with E-state index < -0.39 is 5.97 Å². The Morgan fingerprint density at radius 1 is 1.33 bits per heavy atom. The predicted octanol–water partition coefficient (Wildman–Crippen LogP) is 0.491. The van der Waals surface area contributed by atoms with Gasteiger partial charge in [-0.3, -0.25) is 4.79 Å². The van der Waals surface area contributed by atoms with E-state index in [9.17, 15) is 9.59 Å². The lowest BCUT2D eigenvalue weighted by Gasteiger charge is -2.34. The molecule has 2 amide bonds. The van der Waals surface area contributed by atoms with E-state index in [4.69, 9.17) is 5.11 Å². The zero-order valence-electron chi connectivity index (χ0n) is 11.3. The predicted molar refractivity (Wildman–Crippen MR) is 68.5 cm³/mol. The van der Waals surface area contributed by atoms with Gasteiger partial charge in [-0.05, 0) is 5.41 Å². The fourth-order valence-corrected chi connectivity index (χ4v) is 1.86. The summed E-state index contributed by atoms with van der Waals surface area (Å²) in [5.41, 5.74) is -0.276. The molecule has 3 N–H and O–H groups in total. The van der Waals surface area contributed by atoms with Gasteiger partial charge in [-0.1, -0.05) is 20.8 Å². The number of hydrogen-bond acceptors (Lipinski definition) is 3. The number of aliphatic carboxylic acids is 1. The molecule has 0 spiro atoms. The van der Waals surface area contributed by atoms with E-state index >= 15 is 0 Å². The molecule has 1 rings (SSSR count). The number of carbonyl (C=O) groups is 2. The van der Waals surface area contributed by atoms with Crippen molar-refractivity contribution in [2.45, 2.75) is 33.2 Å². The third-order valence-corrected chi connectivity index (χ3v) is 3.13. The Bertz CT molecular complexity index is 306. The highest BCUT2D eigenvalue weighted by molar-refractivity contribution is 5.76. The molecule has 0 aromatic rings. The lowest BCUT2D eigenvalue weighted by atomic mass is 9.85. The van der Waals surface area contributed by atoms with Gasteiger partial charge in [-0.15, -0.1) is 0 Å². The molecule has 6 heteroatoms. The van der Waals surface area contributed by atoms with E-state index in [2.05, 4.69) is 10.6 Å². The van der Waals surface area contributed by atoms with Gasteiger partial charge in [0.2, 0.25) is 0 Å². The normalized spacial score (nSPS) is 18.3. The maximum Gasteiger partial charge on any atom is 0.317 e. The van der Waals surface area contributed by atoms with Crippen molar-refractivity contribution in [1.82, 2.24) is 15.5 Å². The molecule has 0 aromatic carbocycles. The molecule has 0 aliphatic carbocycles. The second kappa shape index (κ2) is 6.04. The summed E-state index contributed by atoms with van der Waals surface area (Å²) in [5.74, 6) is -0.893. The molecule has 1 saturated heterocycles.